The van der Waals surface area contributed by atoms with Crippen molar-refractivity contribution in [3.8, 4) is 5.69 Å². The fourth-order valence-corrected chi connectivity index (χ4v) is 2.73. The Morgan fingerprint density at radius 2 is 2.16 bits per heavy atom. The van der Waals surface area contributed by atoms with Gasteiger partial charge in [0, 0.05) is 49.7 Å². The summed E-state index contributed by atoms with van der Waals surface area (Å²) in [6.07, 6.45) is 4.66. The molecule has 2 aromatic rings. The van der Waals surface area contributed by atoms with Gasteiger partial charge >= 0.3 is 0 Å². The van der Waals surface area contributed by atoms with Gasteiger partial charge in [-0.1, -0.05) is 0 Å². The predicted molar refractivity (Wildman–Crippen MR) is 98.1 cm³/mol. The summed E-state index contributed by atoms with van der Waals surface area (Å²) in [5, 5.41) is 14.6. The number of piperazine rings is 1. The standard InChI is InChI=1S/C15H17N5O3.2ClH/c1-11-9-16-5-7-19(11)15(21)12-2-3-13(14(8-12)20(22)23)18-6-4-17-10-18;;/h2-4,6,8,10-11,16H,5,7,9H2,1H3;2*1H/t11-;;/m1../s1. The van der Waals surface area contributed by atoms with Gasteiger partial charge in [-0.05, 0) is 19.1 Å². The fourth-order valence-electron chi connectivity index (χ4n) is 2.73. The zero-order valence-electron chi connectivity index (χ0n) is 13.5. The van der Waals surface area contributed by atoms with Crippen molar-refractivity contribution in [1.29, 1.82) is 0 Å². The summed E-state index contributed by atoms with van der Waals surface area (Å²) in [7, 11) is 0. The Hall–Kier alpha value is -2.16. The van der Waals surface area contributed by atoms with Crippen LogP contribution in [-0.2, 0) is 0 Å². The van der Waals surface area contributed by atoms with Crippen LogP contribution in [0.1, 0.15) is 17.3 Å². The van der Waals surface area contributed by atoms with Crippen molar-refractivity contribution in [2.75, 3.05) is 19.6 Å². The lowest BCUT2D eigenvalue weighted by Gasteiger charge is -2.34. The van der Waals surface area contributed by atoms with Gasteiger partial charge in [0.2, 0.25) is 0 Å². The molecule has 25 heavy (non-hydrogen) atoms. The van der Waals surface area contributed by atoms with Gasteiger partial charge in [0.25, 0.3) is 11.6 Å². The molecule has 1 N–H and O–H groups in total. The molecule has 1 aliphatic rings. The summed E-state index contributed by atoms with van der Waals surface area (Å²) in [6.45, 7) is 4.00. The highest BCUT2D eigenvalue weighted by molar-refractivity contribution is 5.95. The van der Waals surface area contributed by atoms with Crippen LogP contribution in [0.2, 0.25) is 0 Å². The molecule has 0 spiro atoms. The molecule has 1 saturated heterocycles. The third kappa shape index (κ3) is 4.28. The molecule has 0 radical (unpaired) electrons. The molecule has 0 unspecified atom stereocenters. The first-order valence-corrected chi connectivity index (χ1v) is 7.36. The van der Waals surface area contributed by atoms with E-state index < -0.39 is 4.92 Å². The predicted octanol–water partition coefficient (Wildman–Crippen LogP) is 2.06. The van der Waals surface area contributed by atoms with Crippen molar-refractivity contribution in [2.24, 2.45) is 0 Å². The van der Waals surface area contributed by atoms with Crippen LogP contribution < -0.4 is 5.32 Å². The molecule has 0 bridgehead atoms. The SMILES string of the molecule is C[C@@H]1CNCCN1C(=O)c1ccc(-n2ccnc2)c([N+](=O)[O-])c1.Cl.Cl. The van der Waals surface area contributed by atoms with Crippen LogP contribution in [-0.4, -0.2) is 51.0 Å². The molecule has 3 rings (SSSR count). The van der Waals surface area contributed by atoms with Crippen molar-refractivity contribution in [2.45, 2.75) is 13.0 Å². The Morgan fingerprint density at radius 3 is 2.76 bits per heavy atom. The number of hydrogen-bond donors (Lipinski definition) is 1. The van der Waals surface area contributed by atoms with Gasteiger partial charge in [0.15, 0.2) is 0 Å². The lowest BCUT2D eigenvalue weighted by molar-refractivity contribution is -0.384. The maximum absolute atomic E-state index is 12.6. The number of nitrogens with zero attached hydrogens (tertiary/aromatic N) is 4. The highest BCUT2D eigenvalue weighted by Crippen LogP contribution is 2.25. The minimum atomic E-state index is -0.479. The van der Waals surface area contributed by atoms with E-state index in [0.29, 0.717) is 17.8 Å². The lowest BCUT2D eigenvalue weighted by atomic mass is 10.1. The number of nitrogens with one attached hydrogen (secondary N) is 1. The summed E-state index contributed by atoms with van der Waals surface area (Å²) >= 11 is 0. The number of halogens is 2. The van der Waals surface area contributed by atoms with Crippen LogP contribution in [0, 0.1) is 10.1 Å². The topological polar surface area (TPSA) is 93.3 Å². The van der Waals surface area contributed by atoms with Crippen LogP contribution >= 0.6 is 24.8 Å². The largest absolute Gasteiger partial charge is 0.333 e. The first-order valence-electron chi connectivity index (χ1n) is 7.36. The summed E-state index contributed by atoms with van der Waals surface area (Å²) in [4.78, 5) is 29.2. The second-order valence-electron chi connectivity index (χ2n) is 5.48. The number of benzene rings is 1. The second kappa shape index (κ2) is 8.80. The van der Waals surface area contributed by atoms with E-state index in [-0.39, 0.29) is 42.5 Å². The van der Waals surface area contributed by atoms with Gasteiger partial charge < -0.3 is 14.8 Å². The molecule has 1 amide bonds. The van der Waals surface area contributed by atoms with E-state index in [1.54, 1.807) is 34.0 Å². The number of nitro benzene ring substituents is 1. The molecule has 1 aliphatic heterocycles. The van der Waals surface area contributed by atoms with Gasteiger partial charge in [-0.15, -0.1) is 24.8 Å². The molecule has 1 atom stereocenters. The first-order chi connectivity index (χ1) is 11.1. The Kier molecular flexibility index (Phi) is 7.35. The average molecular weight is 388 g/mol. The normalized spacial score (nSPS) is 16.5. The maximum atomic E-state index is 12.6. The minimum absolute atomic E-state index is 0. The molecule has 8 nitrogen and oxygen atoms in total. The van der Waals surface area contributed by atoms with E-state index in [4.69, 9.17) is 0 Å². The van der Waals surface area contributed by atoms with Crippen LogP contribution in [0.5, 0.6) is 0 Å². The molecular weight excluding hydrogens is 369 g/mol. The van der Waals surface area contributed by atoms with Gasteiger partial charge in [-0.25, -0.2) is 4.98 Å². The molecule has 2 heterocycles. The first kappa shape index (κ1) is 20.9. The number of carbonyl (C=O) groups excluding carboxylic acids is 1. The molecule has 1 aromatic heterocycles. The summed E-state index contributed by atoms with van der Waals surface area (Å²) in [5.41, 5.74) is 0.600. The second-order valence-corrected chi connectivity index (χ2v) is 5.48. The van der Waals surface area contributed by atoms with Crippen molar-refractivity contribution in [3.05, 3.63) is 52.6 Å². The van der Waals surface area contributed by atoms with E-state index in [9.17, 15) is 14.9 Å². The molecule has 1 aromatic carbocycles. The van der Waals surface area contributed by atoms with Gasteiger partial charge in [-0.2, -0.15) is 0 Å². The Bertz CT molecular complexity index is 739. The van der Waals surface area contributed by atoms with Crippen molar-refractivity contribution in [1.82, 2.24) is 19.8 Å². The minimum Gasteiger partial charge on any atom is -0.333 e. The van der Waals surface area contributed by atoms with E-state index in [1.165, 1.54) is 12.4 Å². The smallest absolute Gasteiger partial charge is 0.294 e. The monoisotopic (exact) mass is 387 g/mol. The summed E-state index contributed by atoms with van der Waals surface area (Å²) in [6, 6.07) is 4.61. The van der Waals surface area contributed by atoms with E-state index in [1.807, 2.05) is 6.92 Å². The summed E-state index contributed by atoms with van der Waals surface area (Å²) in [5.74, 6) is -0.181. The highest BCUT2D eigenvalue weighted by atomic mass is 35.5. The quantitative estimate of drug-likeness (QED) is 0.642. The zero-order valence-corrected chi connectivity index (χ0v) is 15.1. The molecular formula is C15H19Cl2N5O3. The maximum Gasteiger partial charge on any atom is 0.294 e. The fraction of sp³-hybridized carbons (Fsp3) is 0.333. The average Bonchev–Trinajstić information content (AvgIpc) is 3.08. The van der Waals surface area contributed by atoms with Crippen LogP contribution in [0.25, 0.3) is 5.69 Å². The molecule has 0 aliphatic carbocycles. The lowest BCUT2D eigenvalue weighted by Crippen LogP contribution is -2.52. The Morgan fingerprint density at radius 1 is 1.40 bits per heavy atom. The van der Waals surface area contributed by atoms with E-state index in [0.717, 1.165) is 13.1 Å². The Balaban J connectivity index is 0.00000156. The number of amides is 1. The van der Waals surface area contributed by atoms with E-state index in [2.05, 4.69) is 10.3 Å². The van der Waals surface area contributed by atoms with Crippen LogP contribution in [0.3, 0.4) is 0 Å². The number of rotatable bonds is 3. The number of hydrogen-bond acceptors (Lipinski definition) is 5. The third-order valence-electron chi connectivity index (χ3n) is 3.96. The summed E-state index contributed by atoms with van der Waals surface area (Å²) < 4.78 is 1.56. The van der Waals surface area contributed by atoms with Crippen molar-refractivity contribution >= 4 is 36.4 Å². The van der Waals surface area contributed by atoms with E-state index >= 15 is 0 Å². The number of imidazole rings is 1. The zero-order chi connectivity index (χ0) is 16.4. The van der Waals surface area contributed by atoms with Gasteiger partial charge in [0.05, 0.1) is 11.3 Å². The van der Waals surface area contributed by atoms with Gasteiger partial charge in [-0.3, -0.25) is 14.9 Å². The molecule has 10 heteroatoms. The third-order valence-corrected chi connectivity index (χ3v) is 3.96. The van der Waals surface area contributed by atoms with Crippen LogP contribution in [0.4, 0.5) is 5.69 Å². The van der Waals surface area contributed by atoms with Crippen molar-refractivity contribution in [3.63, 3.8) is 0 Å². The van der Waals surface area contributed by atoms with Crippen LogP contribution in [0.15, 0.2) is 36.9 Å². The van der Waals surface area contributed by atoms with Gasteiger partial charge in [0.1, 0.15) is 5.69 Å². The number of nitro groups is 1. The van der Waals surface area contributed by atoms with Crippen molar-refractivity contribution < 1.29 is 9.72 Å². The Labute approximate surface area is 157 Å². The number of aromatic nitrogens is 2. The molecule has 0 saturated carbocycles. The molecule has 136 valence electrons. The molecule has 1 fully saturated rings. The highest BCUT2D eigenvalue weighted by Gasteiger charge is 2.26. The number of carbonyl (C=O) groups is 1.